The lowest BCUT2D eigenvalue weighted by atomic mass is 9.68. The van der Waals surface area contributed by atoms with E-state index in [4.69, 9.17) is 18.6 Å². The fourth-order valence-corrected chi connectivity index (χ4v) is 14.6. The summed E-state index contributed by atoms with van der Waals surface area (Å²) < 4.78 is 27.7. The molecule has 7 rings (SSSR count). The van der Waals surface area contributed by atoms with Gasteiger partial charge in [0.2, 0.25) is 0 Å². The normalized spacial score (nSPS) is 17.0. The summed E-state index contributed by atoms with van der Waals surface area (Å²) in [6, 6.07) is 23.3. The molecule has 2 saturated heterocycles. The van der Waals surface area contributed by atoms with E-state index in [1.54, 1.807) is 0 Å². The van der Waals surface area contributed by atoms with Crippen LogP contribution in [-0.2, 0) is 31.5 Å². The monoisotopic (exact) mass is 1050 g/mol. The fraction of sp³-hybridized carbons (Fsp3) is 0.645. The van der Waals surface area contributed by atoms with Crippen LogP contribution in [0.5, 0.6) is 0 Å². The quantitative estimate of drug-likeness (QED) is 0.0318. The van der Waals surface area contributed by atoms with Gasteiger partial charge in [-0.15, -0.1) is 45.3 Å². The molecule has 0 spiro atoms. The third-order valence-corrected chi connectivity index (χ3v) is 21.3. The number of unbranched alkanes of at least 4 members (excludes halogenated alkanes) is 22. The van der Waals surface area contributed by atoms with Gasteiger partial charge in [-0.05, 0) is 152 Å². The summed E-state index contributed by atoms with van der Waals surface area (Å²) in [6.07, 6.45) is 35.5. The molecule has 4 aromatic heterocycles. The number of benzene rings is 1. The molecule has 0 atom stereocenters. The minimum absolute atomic E-state index is 0.485. The Bertz CT molecular complexity index is 2190. The first-order valence-electron chi connectivity index (χ1n) is 28.9. The smallest absolute Gasteiger partial charge is 0.399 e. The van der Waals surface area contributed by atoms with Gasteiger partial charge in [-0.25, -0.2) is 0 Å². The summed E-state index contributed by atoms with van der Waals surface area (Å²) in [5, 5.41) is 0. The molecule has 10 heteroatoms. The van der Waals surface area contributed by atoms with E-state index in [-0.39, 0.29) is 0 Å². The van der Waals surface area contributed by atoms with Gasteiger partial charge >= 0.3 is 14.2 Å². The molecule has 2 aliphatic rings. The van der Waals surface area contributed by atoms with Gasteiger partial charge < -0.3 is 18.6 Å². The lowest BCUT2D eigenvalue weighted by Gasteiger charge is -2.32. The molecule has 5 aromatic rings. The molecule has 1 aromatic carbocycles. The Morgan fingerprint density at radius 1 is 0.319 bits per heavy atom. The van der Waals surface area contributed by atoms with Crippen LogP contribution < -0.4 is 10.9 Å². The Morgan fingerprint density at radius 3 is 0.875 bits per heavy atom. The minimum Gasteiger partial charge on any atom is -0.399 e. The zero-order valence-corrected chi connectivity index (χ0v) is 49.8. The summed E-state index contributed by atoms with van der Waals surface area (Å²) in [5.41, 5.74) is 2.39. The van der Waals surface area contributed by atoms with Crippen molar-refractivity contribution in [3.8, 4) is 40.4 Å². The zero-order chi connectivity index (χ0) is 51.2. The Morgan fingerprint density at radius 2 is 0.569 bits per heavy atom. The fourth-order valence-electron chi connectivity index (χ4n) is 10.2. The van der Waals surface area contributed by atoms with Crippen molar-refractivity contribution in [3.05, 3.63) is 70.4 Å². The molecule has 72 heavy (non-hydrogen) atoms. The first-order valence-corrected chi connectivity index (χ1v) is 32.2. The second-order valence-electron chi connectivity index (χ2n) is 23.3. The van der Waals surface area contributed by atoms with Crippen molar-refractivity contribution in [1.82, 2.24) is 0 Å². The molecular weight excluding hydrogens is 959 g/mol. The van der Waals surface area contributed by atoms with E-state index in [2.05, 4.69) is 130 Å². The van der Waals surface area contributed by atoms with Crippen LogP contribution in [0.25, 0.3) is 40.4 Å². The molecule has 0 saturated carbocycles. The van der Waals surface area contributed by atoms with Crippen molar-refractivity contribution >= 4 is 70.5 Å². The highest BCUT2D eigenvalue weighted by Gasteiger charge is 2.55. The predicted molar refractivity (Wildman–Crippen MR) is 321 cm³/mol. The number of hydrogen-bond donors (Lipinski definition) is 0. The molecule has 4 nitrogen and oxygen atoms in total. The van der Waals surface area contributed by atoms with Crippen molar-refractivity contribution in [3.63, 3.8) is 0 Å². The summed E-state index contributed by atoms with van der Waals surface area (Å²) in [5.74, 6) is 0. The van der Waals surface area contributed by atoms with Crippen LogP contribution in [0.3, 0.4) is 0 Å². The third kappa shape index (κ3) is 15.6. The van der Waals surface area contributed by atoms with Crippen molar-refractivity contribution in [2.24, 2.45) is 0 Å². The van der Waals surface area contributed by atoms with E-state index in [1.165, 1.54) is 206 Å². The highest BCUT2D eigenvalue weighted by atomic mass is 32.1. The van der Waals surface area contributed by atoms with Gasteiger partial charge in [-0.1, -0.05) is 167 Å². The minimum atomic E-state index is -0.537. The maximum Gasteiger partial charge on any atom is 0.495 e. The highest BCUT2D eigenvalue weighted by Crippen LogP contribution is 2.44. The molecule has 394 valence electrons. The third-order valence-electron chi connectivity index (χ3n) is 16.3. The van der Waals surface area contributed by atoms with E-state index >= 15 is 0 Å². The zero-order valence-electron chi connectivity index (χ0n) is 46.6. The Balaban J connectivity index is 1.06. The van der Waals surface area contributed by atoms with Gasteiger partial charge in [0.1, 0.15) is 0 Å². The average Bonchev–Trinajstić information content (AvgIpc) is 4.21. The molecule has 0 bridgehead atoms. The second-order valence-corrected chi connectivity index (χ2v) is 27.8. The summed E-state index contributed by atoms with van der Waals surface area (Å²) in [7, 11) is -1.07. The first-order chi connectivity index (χ1) is 34.6. The van der Waals surface area contributed by atoms with E-state index in [9.17, 15) is 0 Å². The SMILES string of the molecule is CCCCCCCCCCCCCCc1ccc(-c2ccc(-c3cc(B4OC(C)(C)C(C)(C)O4)c(-c4ccc(-c5ccc(CCCCCCCCCCCCCC)s5)s4)cc3B3OC(C)(C)C(C)(C)O3)s2)s1. The van der Waals surface area contributed by atoms with Crippen LogP contribution in [0.15, 0.2) is 60.7 Å². The first kappa shape index (κ1) is 57.7. The van der Waals surface area contributed by atoms with Crippen molar-refractivity contribution in [1.29, 1.82) is 0 Å². The van der Waals surface area contributed by atoms with Gasteiger partial charge in [0.05, 0.1) is 22.4 Å². The molecule has 2 aliphatic heterocycles. The highest BCUT2D eigenvalue weighted by molar-refractivity contribution is 7.24. The van der Waals surface area contributed by atoms with E-state index in [0.29, 0.717) is 0 Å². The van der Waals surface area contributed by atoms with E-state index in [0.717, 1.165) is 22.1 Å². The molecule has 0 radical (unpaired) electrons. The van der Waals surface area contributed by atoms with Crippen LogP contribution in [0.2, 0.25) is 0 Å². The molecule has 0 unspecified atom stereocenters. The molecule has 0 N–H and O–H groups in total. The molecule has 6 heterocycles. The maximum atomic E-state index is 6.91. The van der Waals surface area contributed by atoms with Crippen molar-refractivity contribution in [2.45, 2.75) is 259 Å². The Labute approximate surface area is 455 Å². The Kier molecular flexibility index (Phi) is 21.9. The van der Waals surface area contributed by atoms with Crippen LogP contribution in [0.1, 0.15) is 233 Å². The van der Waals surface area contributed by atoms with Crippen molar-refractivity contribution < 1.29 is 18.6 Å². The number of aryl methyl sites for hydroxylation is 2. The van der Waals surface area contributed by atoms with Crippen LogP contribution in [0, 0.1) is 0 Å². The van der Waals surface area contributed by atoms with E-state index < -0.39 is 36.6 Å². The van der Waals surface area contributed by atoms with Gasteiger partial charge in [-0.3, -0.25) is 0 Å². The van der Waals surface area contributed by atoms with Gasteiger partial charge in [-0.2, -0.15) is 0 Å². The van der Waals surface area contributed by atoms with Crippen LogP contribution >= 0.6 is 45.3 Å². The van der Waals surface area contributed by atoms with Crippen LogP contribution in [0.4, 0.5) is 0 Å². The summed E-state index contributed by atoms with van der Waals surface area (Å²) >= 11 is 7.66. The Hall–Kier alpha value is -2.01. The lowest BCUT2D eigenvalue weighted by molar-refractivity contribution is 0.00578. The maximum absolute atomic E-state index is 6.91. The van der Waals surface area contributed by atoms with Crippen molar-refractivity contribution in [2.75, 3.05) is 0 Å². The molecule has 0 amide bonds. The summed E-state index contributed by atoms with van der Waals surface area (Å²) in [4.78, 5) is 10.7. The molecule has 2 fully saturated rings. The largest absolute Gasteiger partial charge is 0.495 e. The predicted octanol–water partition coefficient (Wildman–Crippen LogP) is 19.7. The number of thiophene rings is 4. The van der Waals surface area contributed by atoms with Gasteiger partial charge in [0.15, 0.2) is 0 Å². The standard InChI is InChI=1S/C62H92B2O4S4/c1-11-13-15-17-19-21-23-25-27-29-31-33-35-47-37-39-55(69-47)57-43-41-53(71-57)49-45-52(64-67-61(7,8)62(9,10)68-64)50(46-51(49)63-65-59(3,4)60(5,6)66-63)54-42-44-58(72-54)56-40-38-48(70-56)36-34-32-30-28-26-24-22-20-18-16-14-12-2/h37-46H,11-36H2,1-10H3. The molecule has 0 aliphatic carbocycles. The lowest BCUT2D eigenvalue weighted by Crippen LogP contribution is -2.41. The summed E-state index contributed by atoms with van der Waals surface area (Å²) in [6.45, 7) is 21.8. The van der Waals surface area contributed by atoms with Crippen LogP contribution in [-0.4, -0.2) is 36.6 Å². The van der Waals surface area contributed by atoms with Gasteiger partial charge in [0.25, 0.3) is 0 Å². The second kappa shape index (κ2) is 27.3. The van der Waals surface area contributed by atoms with Gasteiger partial charge in [0, 0.05) is 39.0 Å². The number of rotatable bonds is 32. The number of hydrogen-bond acceptors (Lipinski definition) is 8. The average molecular weight is 1050 g/mol. The molecular formula is C62H92B2O4S4. The topological polar surface area (TPSA) is 36.9 Å². The van der Waals surface area contributed by atoms with E-state index in [1.807, 2.05) is 45.3 Å².